The van der Waals surface area contributed by atoms with Crippen molar-refractivity contribution in [1.82, 2.24) is 9.36 Å². The zero-order valence-corrected chi connectivity index (χ0v) is 12.5. The lowest BCUT2D eigenvalue weighted by molar-refractivity contribution is 0.440. The molecule has 3 N–H and O–H groups in total. The first kappa shape index (κ1) is 13.4. The van der Waals surface area contributed by atoms with Crippen LogP contribution >= 0.6 is 11.5 Å². The second-order valence-corrected chi connectivity index (χ2v) is 6.33. The van der Waals surface area contributed by atoms with Crippen LogP contribution in [0.5, 0.6) is 0 Å². The predicted octanol–water partition coefficient (Wildman–Crippen LogP) is 3.64. The van der Waals surface area contributed by atoms with E-state index in [0.717, 1.165) is 34.5 Å². The third kappa shape index (κ3) is 2.63. The van der Waals surface area contributed by atoms with Crippen LogP contribution in [0.15, 0.2) is 24.5 Å². The van der Waals surface area contributed by atoms with Crippen LogP contribution in [0.2, 0.25) is 0 Å². The van der Waals surface area contributed by atoms with Crippen LogP contribution in [0.25, 0.3) is 11.1 Å². The molecule has 20 heavy (non-hydrogen) atoms. The molecule has 0 aromatic carbocycles. The van der Waals surface area contributed by atoms with Crippen molar-refractivity contribution in [3.63, 3.8) is 0 Å². The summed E-state index contributed by atoms with van der Waals surface area (Å²) in [5.41, 5.74) is 8.12. The molecule has 5 heteroatoms. The van der Waals surface area contributed by atoms with Gasteiger partial charge in [0.1, 0.15) is 10.8 Å². The summed E-state index contributed by atoms with van der Waals surface area (Å²) in [5.74, 6) is 2.18. The minimum Gasteiger partial charge on any atom is -0.382 e. The Hall–Kier alpha value is -1.62. The molecule has 0 saturated heterocycles. The predicted molar refractivity (Wildman–Crippen MR) is 84.8 cm³/mol. The van der Waals surface area contributed by atoms with Crippen LogP contribution in [0.1, 0.15) is 26.2 Å². The van der Waals surface area contributed by atoms with Gasteiger partial charge in [0.25, 0.3) is 0 Å². The number of nitrogen functional groups attached to an aromatic ring is 1. The second-order valence-electron chi connectivity index (χ2n) is 5.56. The second kappa shape index (κ2) is 5.79. The van der Waals surface area contributed by atoms with Crippen LogP contribution in [0.3, 0.4) is 0 Å². The molecular weight excluding hydrogens is 268 g/mol. The van der Waals surface area contributed by atoms with E-state index in [1.54, 1.807) is 12.4 Å². The zero-order chi connectivity index (χ0) is 13.9. The summed E-state index contributed by atoms with van der Waals surface area (Å²) in [5, 5.41) is 4.64. The number of nitrogens with two attached hydrogens (primary N) is 1. The van der Waals surface area contributed by atoms with Gasteiger partial charge in [0.2, 0.25) is 0 Å². The Balaban J connectivity index is 1.77. The Kier molecular flexibility index (Phi) is 3.87. The highest BCUT2D eigenvalue weighted by molar-refractivity contribution is 7.11. The highest BCUT2D eigenvalue weighted by atomic mass is 32.1. The van der Waals surface area contributed by atoms with Gasteiger partial charge < -0.3 is 11.1 Å². The maximum Gasteiger partial charge on any atom is 0.147 e. The smallest absolute Gasteiger partial charge is 0.147 e. The molecule has 0 bridgehead atoms. The van der Waals surface area contributed by atoms with Crippen molar-refractivity contribution in [2.75, 3.05) is 17.6 Å². The van der Waals surface area contributed by atoms with Crippen LogP contribution in [-0.2, 0) is 0 Å². The van der Waals surface area contributed by atoms with Crippen molar-refractivity contribution in [2.45, 2.75) is 26.2 Å². The molecule has 106 valence electrons. The van der Waals surface area contributed by atoms with Gasteiger partial charge in [-0.05, 0) is 47.5 Å². The van der Waals surface area contributed by atoms with Crippen LogP contribution in [0, 0.1) is 11.8 Å². The highest BCUT2D eigenvalue weighted by Crippen LogP contribution is 2.38. The number of pyridine rings is 1. The molecular formula is C15H20N4S. The number of hydrogen-bond donors (Lipinski definition) is 2. The molecule has 0 amide bonds. The first-order valence-electron chi connectivity index (χ1n) is 7.15. The molecule has 0 spiro atoms. The van der Waals surface area contributed by atoms with Crippen molar-refractivity contribution < 1.29 is 0 Å². The summed E-state index contributed by atoms with van der Waals surface area (Å²) in [7, 11) is 0. The lowest BCUT2D eigenvalue weighted by Gasteiger charge is -2.16. The van der Waals surface area contributed by atoms with Crippen molar-refractivity contribution in [3.05, 3.63) is 24.5 Å². The lowest BCUT2D eigenvalue weighted by Crippen LogP contribution is -2.16. The molecule has 2 heterocycles. The van der Waals surface area contributed by atoms with Gasteiger partial charge in [0, 0.05) is 18.9 Å². The summed E-state index contributed by atoms with van der Waals surface area (Å²) in [6, 6.07) is 3.95. The fourth-order valence-electron chi connectivity index (χ4n) is 2.97. The quantitative estimate of drug-likeness (QED) is 0.901. The Labute approximate surface area is 123 Å². The minimum absolute atomic E-state index is 0.600. The van der Waals surface area contributed by atoms with Gasteiger partial charge in [0.15, 0.2) is 0 Å². The van der Waals surface area contributed by atoms with E-state index in [9.17, 15) is 0 Å². The van der Waals surface area contributed by atoms with Gasteiger partial charge >= 0.3 is 0 Å². The van der Waals surface area contributed by atoms with E-state index in [0.29, 0.717) is 5.82 Å². The third-order valence-corrected chi connectivity index (χ3v) is 5.07. The Morgan fingerprint density at radius 2 is 2.15 bits per heavy atom. The third-order valence-electron chi connectivity index (χ3n) is 4.25. The van der Waals surface area contributed by atoms with E-state index >= 15 is 0 Å². The summed E-state index contributed by atoms with van der Waals surface area (Å²) in [4.78, 5) is 4.06. The Morgan fingerprint density at radius 1 is 1.35 bits per heavy atom. The van der Waals surface area contributed by atoms with E-state index in [1.165, 1.54) is 30.8 Å². The molecule has 0 radical (unpaired) electrons. The maximum absolute atomic E-state index is 6.02. The molecule has 2 aromatic heterocycles. The first-order chi connectivity index (χ1) is 9.75. The minimum atomic E-state index is 0.600. The van der Waals surface area contributed by atoms with Crippen LogP contribution in [0.4, 0.5) is 10.8 Å². The molecule has 1 aliphatic rings. The van der Waals surface area contributed by atoms with Gasteiger partial charge in [0.05, 0.1) is 5.56 Å². The van der Waals surface area contributed by atoms with Crippen molar-refractivity contribution >= 4 is 22.4 Å². The Bertz CT molecular complexity index is 567. The van der Waals surface area contributed by atoms with Gasteiger partial charge in [-0.3, -0.25) is 4.98 Å². The normalized spacial score (nSPS) is 22.1. The molecule has 1 aliphatic carbocycles. The van der Waals surface area contributed by atoms with Crippen molar-refractivity contribution in [2.24, 2.45) is 11.8 Å². The highest BCUT2D eigenvalue weighted by Gasteiger charge is 2.23. The SMILES string of the molecule is CC1CCCC1CNc1snc(N)c1-c1ccncc1. The van der Waals surface area contributed by atoms with Gasteiger partial charge in [-0.2, -0.15) is 4.37 Å². The number of anilines is 2. The first-order valence-corrected chi connectivity index (χ1v) is 7.92. The van der Waals surface area contributed by atoms with E-state index in [1.807, 2.05) is 12.1 Å². The number of nitrogens with zero attached hydrogens (tertiary/aromatic N) is 2. The van der Waals surface area contributed by atoms with Gasteiger partial charge in [-0.1, -0.05) is 19.8 Å². The van der Waals surface area contributed by atoms with E-state index < -0.39 is 0 Å². The number of nitrogens with one attached hydrogen (secondary N) is 1. The monoisotopic (exact) mass is 288 g/mol. The van der Waals surface area contributed by atoms with E-state index in [4.69, 9.17) is 5.73 Å². The van der Waals surface area contributed by atoms with Gasteiger partial charge in [-0.15, -0.1) is 0 Å². The molecule has 1 saturated carbocycles. The van der Waals surface area contributed by atoms with Crippen LogP contribution < -0.4 is 11.1 Å². The summed E-state index contributed by atoms with van der Waals surface area (Å²) < 4.78 is 4.29. The van der Waals surface area contributed by atoms with Gasteiger partial charge in [-0.25, -0.2) is 0 Å². The summed E-state index contributed by atoms with van der Waals surface area (Å²) in [6.07, 6.45) is 7.61. The number of hydrogen-bond acceptors (Lipinski definition) is 5. The standard InChI is InChI=1S/C15H20N4S/c1-10-3-2-4-12(10)9-18-15-13(14(16)19-20-15)11-5-7-17-8-6-11/h5-8,10,12,18H,2-4,9H2,1H3,(H2,16,19). The molecule has 0 aliphatic heterocycles. The number of aromatic nitrogens is 2. The van der Waals surface area contributed by atoms with Crippen molar-refractivity contribution in [1.29, 1.82) is 0 Å². The topological polar surface area (TPSA) is 63.8 Å². The average molecular weight is 288 g/mol. The number of rotatable bonds is 4. The molecule has 2 atom stereocenters. The van der Waals surface area contributed by atoms with Crippen molar-refractivity contribution in [3.8, 4) is 11.1 Å². The fraction of sp³-hybridized carbons (Fsp3) is 0.467. The summed E-state index contributed by atoms with van der Waals surface area (Å²) >= 11 is 1.45. The maximum atomic E-state index is 6.02. The molecule has 1 fully saturated rings. The molecule has 2 aromatic rings. The molecule has 3 rings (SSSR count). The molecule has 4 nitrogen and oxygen atoms in total. The largest absolute Gasteiger partial charge is 0.382 e. The van der Waals surface area contributed by atoms with E-state index in [-0.39, 0.29) is 0 Å². The van der Waals surface area contributed by atoms with E-state index in [2.05, 4.69) is 21.6 Å². The lowest BCUT2D eigenvalue weighted by atomic mass is 9.98. The van der Waals surface area contributed by atoms with Crippen LogP contribution in [-0.4, -0.2) is 15.9 Å². The fourth-order valence-corrected chi connectivity index (χ4v) is 3.71. The zero-order valence-electron chi connectivity index (χ0n) is 11.7. The average Bonchev–Trinajstić information content (AvgIpc) is 3.03. The molecule has 2 unspecified atom stereocenters. The Morgan fingerprint density at radius 3 is 2.85 bits per heavy atom. The summed E-state index contributed by atoms with van der Waals surface area (Å²) in [6.45, 7) is 3.37.